The van der Waals surface area contributed by atoms with Crippen molar-refractivity contribution in [1.82, 2.24) is 4.90 Å². The quantitative estimate of drug-likeness (QED) is 0.0601. The molecule has 2 heterocycles. The van der Waals surface area contributed by atoms with Gasteiger partial charge >= 0.3 is 6.09 Å². The molecule has 1 aromatic heterocycles. The van der Waals surface area contributed by atoms with Crippen LogP contribution in [0.25, 0.3) is 11.1 Å². The van der Waals surface area contributed by atoms with Crippen LogP contribution in [0.3, 0.4) is 0 Å². The highest BCUT2D eigenvalue weighted by Crippen LogP contribution is 2.34. The van der Waals surface area contributed by atoms with Crippen LogP contribution in [0, 0.1) is 12.8 Å². The van der Waals surface area contributed by atoms with Gasteiger partial charge in [0.1, 0.15) is 30.4 Å². The van der Waals surface area contributed by atoms with Crippen LogP contribution in [-0.4, -0.2) is 60.3 Å². The summed E-state index contributed by atoms with van der Waals surface area (Å²) in [4.78, 5) is 42.9. The van der Waals surface area contributed by atoms with Crippen LogP contribution in [0.15, 0.2) is 126 Å². The zero-order chi connectivity index (χ0) is 36.3. The first-order valence-corrected chi connectivity index (χ1v) is 17.6. The number of hydrogen-bond donors (Lipinski definition) is 1. The summed E-state index contributed by atoms with van der Waals surface area (Å²) >= 11 is 0. The molecule has 5 aromatic rings. The number of amides is 2. The Balaban J connectivity index is 1.21. The summed E-state index contributed by atoms with van der Waals surface area (Å²) in [5.41, 5.74) is 5.20. The number of cyclic esters (lactones) is 1. The topological polar surface area (TPSA) is 116 Å². The maximum Gasteiger partial charge on any atom is 0.417 e. The number of imide groups is 1. The maximum atomic E-state index is 14.5. The molecule has 1 aliphatic heterocycles. The van der Waals surface area contributed by atoms with E-state index in [1.54, 1.807) is 6.07 Å². The monoisotopic (exact) mass is 701 g/mol. The van der Waals surface area contributed by atoms with Gasteiger partial charge in [0.25, 0.3) is 0 Å². The summed E-state index contributed by atoms with van der Waals surface area (Å²) in [6.07, 6.45) is -0.145. The lowest BCUT2D eigenvalue weighted by Crippen LogP contribution is -2.42. The SMILES string of the molecule is Cc1cccc(-c2cc(C(=O)[C@@H](Cc3ccccc3)C(=O)N3C(=O)OC[C@H]3c3ccccc3)oc2CCCOC[C@@H](CO)OCc2ccccc2)c1. The van der Waals surface area contributed by atoms with E-state index in [1.807, 2.05) is 122 Å². The molecule has 2 amide bonds. The van der Waals surface area contributed by atoms with Gasteiger partial charge in [0, 0.05) is 18.6 Å². The maximum absolute atomic E-state index is 14.5. The lowest BCUT2D eigenvalue weighted by Gasteiger charge is -2.24. The minimum Gasteiger partial charge on any atom is -0.457 e. The molecule has 9 heteroatoms. The van der Waals surface area contributed by atoms with Crippen LogP contribution in [0.5, 0.6) is 0 Å². The number of aliphatic hydroxyl groups is 1. The fraction of sp³-hybridized carbons (Fsp3) is 0.279. The Kier molecular flexibility index (Phi) is 12.4. The van der Waals surface area contributed by atoms with Crippen molar-refractivity contribution >= 4 is 17.8 Å². The molecular formula is C43H43NO8. The number of nitrogens with zero attached hydrogens (tertiary/aromatic N) is 1. The highest BCUT2D eigenvalue weighted by Gasteiger charge is 2.44. The molecule has 0 spiro atoms. The molecule has 3 atom stereocenters. The summed E-state index contributed by atoms with van der Waals surface area (Å²) in [7, 11) is 0. The Bertz CT molecular complexity index is 1920. The van der Waals surface area contributed by atoms with Crippen molar-refractivity contribution in [2.24, 2.45) is 5.92 Å². The second kappa shape index (κ2) is 17.7. The molecule has 0 aliphatic carbocycles. The summed E-state index contributed by atoms with van der Waals surface area (Å²) < 4.78 is 23.4. The molecule has 4 aromatic carbocycles. The van der Waals surface area contributed by atoms with Gasteiger partial charge in [-0.2, -0.15) is 0 Å². The van der Waals surface area contributed by atoms with E-state index >= 15 is 0 Å². The van der Waals surface area contributed by atoms with E-state index in [1.165, 1.54) is 0 Å². The summed E-state index contributed by atoms with van der Waals surface area (Å²) in [5, 5.41) is 9.81. The average molecular weight is 702 g/mol. The number of Topliss-reactive ketones (excluding diaryl/α,β-unsaturated/α-hetero) is 1. The van der Waals surface area contributed by atoms with E-state index in [2.05, 4.69) is 0 Å². The summed E-state index contributed by atoms with van der Waals surface area (Å²) in [6, 6.07) is 37.2. The van der Waals surface area contributed by atoms with Gasteiger partial charge in [-0.25, -0.2) is 9.69 Å². The number of ketones is 1. The minimum absolute atomic E-state index is 0.00349. The Morgan fingerprint density at radius 2 is 1.58 bits per heavy atom. The molecule has 0 unspecified atom stereocenters. The number of hydrogen-bond acceptors (Lipinski definition) is 8. The highest BCUT2D eigenvalue weighted by molar-refractivity contribution is 6.12. The number of benzene rings is 4. The van der Waals surface area contributed by atoms with Crippen molar-refractivity contribution in [3.8, 4) is 11.1 Å². The molecule has 1 fully saturated rings. The largest absolute Gasteiger partial charge is 0.457 e. The Hall–Kier alpha value is -5.35. The van der Waals surface area contributed by atoms with Crippen LogP contribution in [0.1, 0.15) is 51.0 Å². The van der Waals surface area contributed by atoms with Crippen molar-refractivity contribution in [2.45, 2.75) is 44.9 Å². The van der Waals surface area contributed by atoms with Crippen LogP contribution in [-0.2, 0) is 38.5 Å². The predicted molar refractivity (Wildman–Crippen MR) is 195 cm³/mol. The van der Waals surface area contributed by atoms with Gasteiger partial charge < -0.3 is 23.7 Å². The minimum atomic E-state index is -1.24. The van der Waals surface area contributed by atoms with Crippen LogP contribution >= 0.6 is 0 Å². The van der Waals surface area contributed by atoms with Crippen LogP contribution in [0.2, 0.25) is 0 Å². The lowest BCUT2D eigenvalue weighted by molar-refractivity contribution is -0.132. The average Bonchev–Trinajstić information content (AvgIpc) is 3.79. The fourth-order valence-electron chi connectivity index (χ4n) is 6.35. The lowest BCUT2D eigenvalue weighted by atomic mass is 9.91. The standard InChI is InChI=1S/C43H43NO8/c1-30-13-11-20-34(23-30)36-25-40(52-39(36)21-12-22-49-28-35(26-45)50-27-32-16-7-3-8-17-32)41(46)37(24-31-14-5-2-6-15-31)42(47)44-38(29-51-43(44)48)33-18-9-4-10-19-33/h2-11,13-20,23,25,35,37-38,45H,12,21-22,24,26-29H2,1H3/t35-,37-,38+/m1/s1. The van der Waals surface area contributed by atoms with E-state index in [0.717, 1.165) is 38.3 Å². The van der Waals surface area contributed by atoms with Gasteiger partial charge in [0.05, 0.1) is 19.8 Å². The number of carbonyl (C=O) groups is 3. The van der Waals surface area contributed by atoms with Gasteiger partial charge in [0.15, 0.2) is 5.76 Å². The normalized spacial score (nSPS) is 15.3. The molecule has 6 rings (SSSR count). The number of ether oxygens (including phenoxy) is 3. The summed E-state index contributed by atoms with van der Waals surface area (Å²) in [5.74, 6) is -1.76. The number of aliphatic hydroxyl groups excluding tert-OH is 1. The first kappa shape index (κ1) is 36.4. The number of carbonyl (C=O) groups excluding carboxylic acids is 3. The Morgan fingerprint density at radius 3 is 2.27 bits per heavy atom. The van der Waals surface area contributed by atoms with E-state index in [0.29, 0.717) is 31.8 Å². The number of rotatable bonds is 17. The van der Waals surface area contributed by atoms with Gasteiger partial charge in [-0.1, -0.05) is 121 Å². The third kappa shape index (κ3) is 9.11. The zero-order valence-corrected chi connectivity index (χ0v) is 29.2. The zero-order valence-electron chi connectivity index (χ0n) is 29.2. The van der Waals surface area contributed by atoms with E-state index < -0.39 is 35.8 Å². The second-order valence-corrected chi connectivity index (χ2v) is 12.9. The van der Waals surface area contributed by atoms with Crippen molar-refractivity contribution in [1.29, 1.82) is 0 Å². The molecular weight excluding hydrogens is 658 g/mol. The van der Waals surface area contributed by atoms with Crippen molar-refractivity contribution in [3.63, 3.8) is 0 Å². The van der Waals surface area contributed by atoms with Gasteiger partial charge in [-0.05, 0) is 48.1 Å². The Labute approximate surface area is 303 Å². The number of furan rings is 1. The van der Waals surface area contributed by atoms with Crippen molar-refractivity contribution < 1.29 is 38.1 Å². The molecule has 0 bridgehead atoms. The molecule has 9 nitrogen and oxygen atoms in total. The molecule has 1 aliphatic rings. The molecule has 1 N–H and O–H groups in total. The van der Waals surface area contributed by atoms with Gasteiger partial charge in [-0.15, -0.1) is 0 Å². The first-order chi connectivity index (χ1) is 25.4. The molecule has 268 valence electrons. The summed E-state index contributed by atoms with van der Waals surface area (Å²) in [6.45, 7) is 2.80. The Morgan fingerprint density at radius 1 is 0.885 bits per heavy atom. The third-order valence-electron chi connectivity index (χ3n) is 9.10. The van der Waals surface area contributed by atoms with Crippen molar-refractivity contribution in [2.75, 3.05) is 26.4 Å². The van der Waals surface area contributed by atoms with Crippen molar-refractivity contribution in [3.05, 3.63) is 155 Å². The second-order valence-electron chi connectivity index (χ2n) is 12.9. The fourth-order valence-corrected chi connectivity index (χ4v) is 6.35. The molecule has 0 radical (unpaired) electrons. The van der Waals surface area contributed by atoms with Gasteiger partial charge in [-0.3, -0.25) is 9.59 Å². The highest BCUT2D eigenvalue weighted by atomic mass is 16.6. The third-order valence-corrected chi connectivity index (χ3v) is 9.10. The molecule has 1 saturated heterocycles. The molecule has 52 heavy (non-hydrogen) atoms. The van der Waals surface area contributed by atoms with E-state index in [9.17, 15) is 19.5 Å². The number of aryl methyl sites for hydroxylation is 2. The predicted octanol–water partition coefficient (Wildman–Crippen LogP) is 7.54. The first-order valence-electron chi connectivity index (χ1n) is 17.6. The van der Waals surface area contributed by atoms with Crippen LogP contribution in [0.4, 0.5) is 4.79 Å². The van der Waals surface area contributed by atoms with Crippen LogP contribution < -0.4 is 0 Å². The smallest absolute Gasteiger partial charge is 0.417 e. The van der Waals surface area contributed by atoms with E-state index in [4.69, 9.17) is 18.6 Å². The van der Waals surface area contributed by atoms with E-state index in [-0.39, 0.29) is 32.0 Å². The molecule has 0 saturated carbocycles. The van der Waals surface area contributed by atoms with Gasteiger partial charge in [0.2, 0.25) is 11.7 Å².